The van der Waals surface area contributed by atoms with Gasteiger partial charge in [-0.2, -0.15) is 0 Å². The molecule has 1 fully saturated rings. The normalized spacial score (nSPS) is 20.3. The summed E-state index contributed by atoms with van der Waals surface area (Å²) in [6, 6.07) is 0. The van der Waals surface area contributed by atoms with E-state index in [4.69, 9.17) is 9.47 Å². The summed E-state index contributed by atoms with van der Waals surface area (Å²) in [4.78, 5) is 2.47. The Bertz CT molecular complexity index is 173. The number of hydrogen-bond donors (Lipinski definition) is 1. The summed E-state index contributed by atoms with van der Waals surface area (Å²) in [5.74, 6) is 0. The molecule has 0 radical (unpaired) electrons. The molecule has 1 atom stereocenters. The summed E-state index contributed by atoms with van der Waals surface area (Å²) < 4.78 is 10.7. The maximum atomic E-state index is 5.67. The fraction of sp³-hybridized carbons (Fsp3) is 1.00. The average Bonchev–Trinajstić information content (AvgIpc) is 2.85. The minimum absolute atomic E-state index is 0.475. The third-order valence-corrected chi connectivity index (χ3v) is 3.24. The Morgan fingerprint density at radius 2 is 2.29 bits per heavy atom. The monoisotopic (exact) mass is 244 g/mol. The SMILES string of the molecule is CCN(CCNCCCOC)CC1CCCO1. The number of rotatable bonds is 10. The largest absolute Gasteiger partial charge is 0.385 e. The fourth-order valence-electron chi connectivity index (χ4n) is 2.16. The van der Waals surface area contributed by atoms with Gasteiger partial charge in [0.25, 0.3) is 0 Å². The van der Waals surface area contributed by atoms with Crippen LogP contribution in [-0.4, -0.2) is 64.1 Å². The Morgan fingerprint density at radius 3 is 2.94 bits per heavy atom. The highest BCUT2D eigenvalue weighted by molar-refractivity contribution is 4.70. The molecule has 0 amide bonds. The molecule has 17 heavy (non-hydrogen) atoms. The minimum Gasteiger partial charge on any atom is -0.385 e. The molecule has 0 bridgehead atoms. The van der Waals surface area contributed by atoms with Crippen LogP contribution in [0, 0.1) is 0 Å². The number of hydrogen-bond acceptors (Lipinski definition) is 4. The van der Waals surface area contributed by atoms with Crippen molar-refractivity contribution in [2.45, 2.75) is 32.3 Å². The van der Waals surface area contributed by atoms with Gasteiger partial charge < -0.3 is 14.8 Å². The highest BCUT2D eigenvalue weighted by atomic mass is 16.5. The van der Waals surface area contributed by atoms with Crippen LogP contribution in [0.5, 0.6) is 0 Å². The van der Waals surface area contributed by atoms with Gasteiger partial charge in [0.05, 0.1) is 6.10 Å². The van der Waals surface area contributed by atoms with E-state index in [9.17, 15) is 0 Å². The number of nitrogens with zero attached hydrogens (tertiary/aromatic N) is 1. The highest BCUT2D eigenvalue weighted by Gasteiger charge is 2.17. The molecule has 0 spiro atoms. The molecule has 0 saturated carbocycles. The van der Waals surface area contributed by atoms with Gasteiger partial charge in [-0.05, 0) is 32.4 Å². The van der Waals surface area contributed by atoms with Crippen molar-refractivity contribution < 1.29 is 9.47 Å². The van der Waals surface area contributed by atoms with Crippen molar-refractivity contribution in [3.63, 3.8) is 0 Å². The van der Waals surface area contributed by atoms with Crippen LogP contribution in [0.25, 0.3) is 0 Å². The van der Waals surface area contributed by atoms with Gasteiger partial charge in [-0.3, -0.25) is 4.90 Å². The fourth-order valence-corrected chi connectivity index (χ4v) is 2.16. The van der Waals surface area contributed by atoms with Gasteiger partial charge in [-0.15, -0.1) is 0 Å². The summed E-state index contributed by atoms with van der Waals surface area (Å²) in [7, 11) is 1.75. The molecule has 0 aromatic heterocycles. The van der Waals surface area contributed by atoms with Gasteiger partial charge in [0.2, 0.25) is 0 Å². The predicted molar refractivity (Wildman–Crippen MR) is 70.5 cm³/mol. The van der Waals surface area contributed by atoms with Crippen molar-refractivity contribution in [1.82, 2.24) is 10.2 Å². The van der Waals surface area contributed by atoms with Crippen LogP contribution in [0.4, 0.5) is 0 Å². The maximum Gasteiger partial charge on any atom is 0.0702 e. The first-order valence-corrected chi connectivity index (χ1v) is 6.90. The molecule has 0 aliphatic carbocycles. The minimum atomic E-state index is 0.475. The molecule has 4 nitrogen and oxygen atoms in total. The molecule has 0 aromatic rings. The Kier molecular flexibility index (Phi) is 8.61. The summed E-state index contributed by atoms with van der Waals surface area (Å²) in [6.45, 7) is 9.45. The van der Waals surface area contributed by atoms with E-state index in [-0.39, 0.29) is 0 Å². The highest BCUT2D eigenvalue weighted by Crippen LogP contribution is 2.12. The lowest BCUT2D eigenvalue weighted by molar-refractivity contribution is 0.0751. The van der Waals surface area contributed by atoms with E-state index in [0.717, 1.165) is 52.4 Å². The number of methoxy groups -OCH3 is 1. The lowest BCUT2D eigenvalue weighted by Crippen LogP contribution is -2.37. The Labute approximate surface area is 106 Å². The Balaban J connectivity index is 1.97. The molecule has 1 unspecified atom stereocenters. The van der Waals surface area contributed by atoms with E-state index in [1.165, 1.54) is 12.8 Å². The van der Waals surface area contributed by atoms with Crippen LogP contribution >= 0.6 is 0 Å². The number of likely N-dealkylation sites (N-methyl/N-ethyl adjacent to an activating group) is 1. The Morgan fingerprint density at radius 1 is 1.41 bits per heavy atom. The van der Waals surface area contributed by atoms with E-state index in [1.807, 2.05) is 0 Å². The second-order valence-electron chi connectivity index (χ2n) is 4.62. The smallest absolute Gasteiger partial charge is 0.0702 e. The predicted octanol–water partition coefficient (Wildman–Crippen LogP) is 1.11. The van der Waals surface area contributed by atoms with Crippen molar-refractivity contribution in [3.05, 3.63) is 0 Å². The van der Waals surface area contributed by atoms with Crippen molar-refractivity contribution in [1.29, 1.82) is 0 Å². The molecule has 102 valence electrons. The lowest BCUT2D eigenvalue weighted by atomic mass is 10.2. The standard InChI is InChI=1S/C13H28N2O2/c1-3-15(12-13-6-4-11-17-13)9-8-14-7-5-10-16-2/h13-14H,3-12H2,1-2H3. The third-order valence-electron chi connectivity index (χ3n) is 3.24. The maximum absolute atomic E-state index is 5.67. The number of nitrogens with one attached hydrogen (secondary N) is 1. The average molecular weight is 244 g/mol. The van der Waals surface area contributed by atoms with Crippen LogP contribution in [0.1, 0.15) is 26.2 Å². The van der Waals surface area contributed by atoms with Gasteiger partial charge in [-0.25, -0.2) is 0 Å². The molecule has 1 rings (SSSR count). The van der Waals surface area contributed by atoms with E-state index in [2.05, 4.69) is 17.1 Å². The van der Waals surface area contributed by atoms with E-state index >= 15 is 0 Å². The van der Waals surface area contributed by atoms with E-state index in [0.29, 0.717) is 6.10 Å². The van der Waals surface area contributed by atoms with E-state index in [1.54, 1.807) is 7.11 Å². The van der Waals surface area contributed by atoms with Crippen LogP contribution in [0.2, 0.25) is 0 Å². The first-order valence-electron chi connectivity index (χ1n) is 6.90. The molecule has 1 saturated heterocycles. The zero-order valence-electron chi connectivity index (χ0n) is 11.4. The van der Waals surface area contributed by atoms with E-state index < -0.39 is 0 Å². The molecule has 1 aliphatic heterocycles. The third kappa shape index (κ3) is 6.99. The quantitative estimate of drug-likeness (QED) is 0.584. The second kappa shape index (κ2) is 9.83. The van der Waals surface area contributed by atoms with Crippen LogP contribution in [-0.2, 0) is 9.47 Å². The summed E-state index contributed by atoms with van der Waals surface area (Å²) >= 11 is 0. The first kappa shape index (κ1) is 14.9. The Hall–Kier alpha value is -0.160. The van der Waals surface area contributed by atoms with Gasteiger partial charge in [0, 0.05) is 40.0 Å². The molecule has 1 N–H and O–H groups in total. The molecular formula is C13H28N2O2. The summed E-state index contributed by atoms with van der Waals surface area (Å²) in [6.07, 6.45) is 4.03. The lowest BCUT2D eigenvalue weighted by Gasteiger charge is -2.23. The van der Waals surface area contributed by atoms with Crippen molar-refractivity contribution in [2.24, 2.45) is 0 Å². The zero-order chi connectivity index (χ0) is 12.3. The molecule has 1 heterocycles. The van der Waals surface area contributed by atoms with Crippen LogP contribution < -0.4 is 5.32 Å². The molecule has 0 aromatic carbocycles. The van der Waals surface area contributed by atoms with Crippen LogP contribution in [0.3, 0.4) is 0 Å². The first-order chi connectivity index (χ1) is 8.36. The van der Waals surface area contributed by atoms with Gasteiger partial charge in [0.1, 0.15) is 0 Å². The summed E-state index contributed by atoms with van der Waals surface area (Å²) in [5, 5.41) is 3.45. The van der Waals surface area contributed by atoms with Crippen LogP contribution in [0.15, 0.2) is 0 Å². The zero-order valence-corrected chi connectivity index (χ0v) is 11.4. The second-order valence-corrected chi connectivity index (χ2v) is 4.62. The van der Waals surface area contributed by atoms with Crippen molar-refractivity contribution >= 4 is 0 Å². The van der Waals surface area contributed by atoms with Gasteiger partial charge in [0.15, 0.2) is 0 Å². The topological polar surface area (TPSA) is 33.7 Å². The van der Waals surface area contributed by atoms with Crippen molar-refractivity contribution in [2.75, 3.05) is 53.0 Å². The van der Waals surface area contributed by atoms with Gasteiger partial charge in [-0.1, -0.05) is 6.92 Å². The molecule has 1 aliphatic rings. The van der Waals surface area contributed by atoms with Crippen molar-refractivity contribution in [3.8, 4) is 0 Å². The van der Waals surface area contributed by atoms with Gasteiger partial charge >= 0.3 is 0 Å². The molecular weight excluding hydrogens is 216 g/mol. The summed E-state index contributed by atoms with van der Waals surface area (Å²) in [5.41, 5.74) is 0. The molecule has 4 heteroatoms. The number of ether oxygens (including phenoxy) is 2.